The van der Waals surface area contributed by atoms with Gasteiger partial charge in [-0.15, -0.1) is 0 Å². The molecule has 0 radical (unpaired) electrons. The van der Waals surface area contributed by atoms with Crippen LogP contribution in [-0.2, 0) is 6.42 Å². The monoisotopic (exact) mass is 283 g/mol. The Bertz CT molecular complexity index is 549. The zero-order valence-corrected chi connectivity index (χ0v) is 13.2. The van der Waals surface area contributed by atoms with E-state index < -0.39 is 0 Å². The minimum atomic E-state index is 0.0423. The van der Waals surface area contributed by atoms with Crippen molar-refractivity contribution in [3.63, 3.8) is 0 Å². The Morgan fingerprint density at radius 1 is 1.10 bits per heavy atom. The summed E-state index contributed by atoms with van der Waals surface area (Å²) in [6.45, 7) is 7.44. The molecule has 1 aromatic carbocycles. The second kappa shape index (κ2) is 7.11. The molecule has 21 heavy (non-hydrogen) atoms. The number of pyridine rings is 1. The van der Waals surface area contributed by atoms with E-state index in [0.29, 0.717) is 0 Å². The van der Waals surface area contributed by atoms with E-state index in [9.17, 15) is 0 Å². The molecule has 0 aliphatic carbocycles. The van der Waals surface area contributed by atoms with Crippen LogP contribution in [0.4, 0.5) is 11.5 Å². The first-order valence-corrected chi connectivity index (χ1v) is 7.61. The topological polar surface area (TPSA) is 37.0 Å². The Labute approximate surface area is 127 Å². The second-order valence-electron chi connectivity index (χ2n) is 5.95. The molecule has 0 fully saturated rings. The number of benzene rings is 1. The van der Waals surface area contributed by atoms with Crippen LogP contribution >= 0.6 is 0 Å². The Kier molecular flexibility index (Phi) is 5.20. The van der Waals surface area contributed by atoms with Gasteiger partial charge < -0.3 is 10.6 Å². The standard InChI is InChI=1S/C18H25N3/c1-4-19-17-14-16(11-13-20-17)21-18(2,3)12-10-15-8-6-5-7-9-15/h5-9,11,13-14H,4,10,12H2,1-3H3,(H2,19,20,21). The highest BCUT2D eigenvalue weighted by atomic mass is 15.0. The summed E-state index contributed by atoms with van der Waals surface area (Å²) in [5.74, 6) is 0.918. The maximum Gasteiger partial charge on any atom is 0.127 e. The van der Waals surface area contributed by atoms with E-state index in [1.165, 1.54) is 5.56 Å². The van der Waals surface area contributed by atoms with Gasteiger partial charge in [-0.1, -0.05) is 30.3 Å². The third kappa shape index (κ3) is 5.10. The van der Waals surface area contributed by atoms with Crippen LogP contribution in [-0.4, -0.2) is 17.1 Å². The summed E-state index contributed by atoms with van der Waals surface area (Å²) >= 11 is 0. The van der Waals surface area contributed by atoms with Crippen molar-refractivity contribution in [1.82, 2.24) is 4.98 Å². The van der Waals surface area contributed by atoms with Crippen molar-refractivity contribution in [2.24, 2.45) is 0 Å². The maximum absolute atomic E-state index is 4.30. The van der Waals surface area contributed by atoms with Crippen molar-refractivity contribution in [1.29, 1.82) is 0 Å². The lowest BCUT2D eigenvalue weighted by Gasteiger charge is -2.28. The molecule has 3 nitrogen and oxygen atoms in total. The van der Waals surface area contributed by atoms with Crippen molar-refractivity contribution in [2.75, 3.05) is 17.2 Å². The SMILES string of the molecule is CCNc1cc(NC(C)(C)CCc2ccccc2)ccn1. The van der Waals surface area contributed by atoms with Crippen LogP contribution < -0.4 is 10.6 Å². The van der Waals surface area contributed by atoms with Crippen molar-refractivity contribution < 1.29 is 0 Å². The van der Waals surface area contributed by atoms with Crippen molar-refractivity contribution >= 4 is 11.5 Å². The Balaban J connectivity index is 1.95. The van der Waals surface area contributed by atoms with Crippen molar-refractivity contribution in [3.05, 3.63) is 54.2 Å². The molecule has 1 aromatic heterocycles. The second-order valence-corrected chi connectivity index (χ2v) is 5.95. The molecule has 0 aliphatic rings. The number of hydrogen-bond donors (Lipinski definition) is 2. The normalized spacial score (nSPS) is 11.2. The summed E-state index contributed by atoms with van der Waals surface area (Å²) in [6, 6.07) is 14.7. The maximum atomic E-state index is 4.30. The predicted octanol–water partition coefficient (Wildman–Crippen LogP) is 4.34. The largest absolute Gasteiger partial charge is 0.380 e. The van der Waals surface area contributed by atoms with Gasteiger partial charge in [-0.05, 0) is 45.2 Å². The average molecular weight is 283 g/mol. The fourth-order valence-electron chi connectivity index (χ4n) is 2.34. The van der Waals surface area contributed by atoms with Gasteiger partial charge in [-0.2, -0.15) is 0 Å². The first-order valence-electron chi connectivity index (χ1n) is 7.61. The molecule has 0 aliphatic heterocycles. The van der Waals surface area contributed by atoms with Crippen LogP contribution in [0.3, 0.4) is 0 Å². The lowest BCUT2D eigenvalue weighted by atomic mass is 9.95. The third-order valence-electron chi connectivity index (χ3n) is 3.48. The van der Waals surface area contributed by atoms with Crippen LogP contribution in [0.2, 0.25) is 0 Å². The van der Waals surface area contributed by atoms with E-state index in [-0.39, 0.29) is 5.54 Å². The zero-order valence-electron chi connectivity index (χ0n) is 13.2. The lowest BCUT2D eigenvalue weighted by Crippen LogP contribution is -2.31. The first-order chi connectivity index (χ1) is 10.1. The van der Waals surface area contributed by atoms with Crippen molar-refractivity contribution in [3.8, 4) is 0 Å². The summed E-state index contributed by atoms with van der Waals surface area (Å²) < 4.78 is 0. The van der Waals surface area contributed by atoms with E-state index in [1.54, 1.807) is 0 Å². The molecule has 2 aromatic rings. The van der Waals surface area contributed by atoms with Crippen LogP contribution in [0.5, 0.6) is 0 Å². The molecule has 0 bridgehead atoms. The molecule has 2 N–H and O–H groups in total. The lowest BCUT2D eigenvalue weighted by molar-refractivity contribution is 0.518. The quantitative estimate of drug-likeness (QED) is 0.794. The van der Waals surface area contributed by atoms with Crippen LogP contribution in [0, 0.1) is 0 Å². The van der Waals surface area contributed by atoms with Crippen LogP contribution in [0.25, 0.3) is 0 Å². The highest BCUT2D eigenvalue weighted by molar-refractivity contribution is 5.53. The van der Waals surface area contributed by atoms with E-state index in [1.807, 2.05) is 12.3 Å². The van der Waals surface area contributed by atoms with Gasteiger partial charge in [-0.25, -0.2) is 4.98 Å². The smallest absolute Gasteiger partial charge is 0.127 e. The van der Waals surface area contributed by atoms with E-state index in [0.717, 1.165) is 30.9 Å². The van der Waals surface area contributed by atoms with Crippen LogP contribution in [0.15, 0.2) is 48.7 Å². The first kappa shape index (κ1) is 15.4. The zero-order chi connectivity index (χ0) is 15.1. The highest BCUT2D eigenvalue weighted by Crippen LogP contribution is 2.21. The summed E-state index contributed by atoms with van der Waals surface area (Å²) in [7, 11) is 0. The van der Waals surface area contributed by atoms with E-state index in [2.05, 4.69) is 72.8 Å². The Morgan fingerprint density at radius 3 is 2.57 bits per heavy atom. The number of aromatic nitrogens is 1. The van der Waals surface area contributed by atoms with Gasteiger partial charge in [0.2, 0.25) is 0 Å². The molecule has 0 saturated carbocycles. The average Bonchev–Trinajstić information content (AvgIpc) is 2.47. The number of nitrogens with one attached hydrogen (secondary N) is 2. The van der Waals surface area contributed by atoms with Crippen molar-refractivity contribution in [2.45, 2.75) is 39.2 Å². The fraction of sp³-hybridized carbons (Fsp3) is 0.389. The van der Waals surface area contributed by atoms with E-state index in [4.69, 9.17) is 0 Å². The van der Waals surface area contributed by atoms with Gasteiger partial charge in [-0.3, -0.25) is 0 Å². The fourth-order valence-corrected chi connectivity index (χ4v) is 2.34. The molecule has 0 saturated heterocycles. The van der Waals surface area contributed by atoms with Gasteiger partial charge in [0, 0.05) is 30.0 Å². The van der Waals surface area contributed by atoms with Gasteiger partial charge in [0.15, 0.2) is 0 Å². The summed E-state index contributed by atoms with van der Waals surface area (Å²) in [6.07, 6.45) is 4.00. The van der Waals surface area contributed by atoms with Crippen LogP contribution in [0.1, 0.15) is 32.8 Å². The van der Waals surface area contributed by atoms with Gasteiger partial charge >= 0.3 is 0 Å². The number of hydrogen-bond acceptors (Lipinski definition) is 3. The minimum absolute atomic E-state index is 0.0423. The van der Waals surface area contributed by atoms with Gasteiger partial charge in [0.1, 0.15) is 5.82 Å². The summed E-state index contributed by atoms with van der Waals surface area (Å²) in [5, 5.41) is 6.85. The molecule has 0 amide bonds. The molecule has 2 rings (SSSR count). The molecule has 0 spiro atoms. The molecule has 1 heterocycles. The minimum Gasteiger partial charge on any atom is -0.380 e. The highest BCUT2D eigenvalue weighted by Gasteiger charge is 2.17. The number of rotatable bonds is 7. The Hall–Kier alpha value is -2.03. The Morgan fingerprint density at radius 2 is 1.86 bits per heavy atom. The van der Waals surface area contributed by atoms with Gasteiger partial charge in [0.25, 0.3) is 0 Å². The molecule has 0 atom stereocenters. The van der Waals surface area contributed by atoms with Gasteiger partial charge in [0.05, 0.1) is 0 Å². The third-order valence-corrected chi connectivity index (χ3v) is 3.48. The molecule has 0 unspecified atom stereocenters. The molecule has 112 valence electrons. The molecular weight excluding hydrogens is 258 g/mol. The summed E-state index contributed by atoms with van der Waals surface area (Å²) in [5.41, 5.74) is 2.54. The number of aryl methyl sites for hydroxylation is 1. The molecular formula is C18H25N3. The summed E-state index contributed by atoms with van der Waals surface area (Å²) in [4.78, 5) is 4.30. The molecule has 3 heteroatoms. The predicted molar refractivity (Wildman–Crippen MR) is 90.9 cm³/mol. The number of nitrogens with zero attached hydrogens (tertiary/aromatic N) is 1. The number of anilines is 2. The van der Waals surface area contributed by atoms with E-state index >= 15 is 0 Å².